The number of halogens is 1. The van der Waals surface area contributed by atoms with Gasteiger partial charge in [-0.25, -0.2) is 0 Å². The lowest BCUT2D eigenvalue weighted by molar-refractivity contribution is 0.371. The Kier molecular flexibility index (Phi) is 8.73. The summed E-state index contributed by atoms with van der Waals surface area (Å²) in [4.78, 5) is 8.58. The van der Waals surface area contributed by atoms with Crippen molar-refractivity contribution in [3.63, 3.8) is 0 Å². The molecule has 0 amide bonds. The minimum Gasteiger partial charge on any atom is -0.356 e. The number of nitrogens with zero attached hydrogens (tertiary/aromatic N) is 3. The third-order valence-electron chi connectivity index (χ3n) is 3.56. The van der Waals surface area contributed by atoms with Crippen LogP contribution in [0.5, 0.6) is 0 Å². The fraction of sp³-hybridized carbons (Fsp3) is 0.471. The highest BCUT2D eigenvalue weighted by atomic mass is 127. The average molecular weight is 443 g/mol. The molecule has 7 heteroatoms. The van der Waals surface area contributed by atoms with E-state index < -0.39 is 0 Å². The summed E-state index contributed by atoms with van der Waals surface area (Å²) >= 11 is 0. The van der Waals surface area contributed by atoms with Gasteiger partial charge in [0.2, 0.25) is 5.89 Å². The average Bonchev–Trinajstić information content (AvgIpc) is 3.01. The summed E-state index contributed by atoms with van der Waals surface area (Å²) < 4.78 is 5.23. The molecule has 0 radical (unpaired) electrons. The standard InChI is InChI=1S/C17H25N5O.HI/c1-12(2)16-21-15(23-22-16)9-10-19-17(18-4)20-11-14-8-6-5-7-13(14)3;/h5-8,12H,9-11H2,1-4H3,(H2,18,19,20);1H. The molecule has 2 rings (SSSR count). The first-order chi connectivity index (χ1) is 11.1. The summed E-state index contributed by atoms with van der Waals surface area (Å²) in [5.74, 6) is 2.44. The quantitative estimate of drug-likeness (QED) is 0.408. The molecule has 0 saturated carbocycles. The molecule has 0 atom stereocenters. The number of hydrogen-bond acceptors (Lipinski definition) is 4. The van der Waals surface area contributed by atoms with Crippen molar-refractivity contribution in [2.24, 2.45) is 4.99 Å². The van der Waals surface area contributed by atoms with Crippen LogP contribution in [0.3, 0.4) is 0 Å². The van der Waals surface area contributed by atoms with Crippen molar-refractivity contribution in [2.45, 2.75) is 39.7 Å². The van der Waals surface area contributed by atoms with Gasteiger partial charge in [-0.3, -0.25) is 4.99 Å². The largest absolute Gasteiger partial charge is 0.356 e. The van der Waals surface area contributed by atoms with Gasteiger partial charge in [-0.15, -0.1) is 24.0 Å². The number of aromatic nitrogens is 2. The molecule has 6 nitrogen and oxygen atoms in total. The summed E-state index contributed by atoms with van der Waals surface area (Å²) in [7, 11) is 1.76. The first-order valence-electron chi connectivity index (χ1n) is 7.91. The maximum absolute atomic E-state index is 5.23. The number of hydrogen-bond donors (Lipinski definition) is 2. The Morgan fingerprint density at radius 2 is 2.00 bits per heavy atom. The van der Waals surface area contributed by atoms with Crippen molar-refractivity contribution in [3.05, 3.63) is 47.1 Å². The monoisotopic (exact) mass is 443 g/mol. The predicted molar refractivity (Wildman–Crippen MR) is 107 cm³/mol. The van der Waals surface area contributed by atoms with Gasteiger partial charge < -0.3 is 15.2 Å². The second kappa shape index (κ2) is 10.3. The van der Waals surface area contributed by atoms with E-state index in [9.17, 15) is 0 Å². The summed E-state index contributed by atoms with van der Waals surface area (Å²) in [5, 5.41) is 10.5. The normalized spacial score (nSPS) is 11.3. The van der Waals surface area contributed by atoms with Crippen molar-refractivity contribution in [3.8, 4) is 0 Å². The van der Waals surface area contributed by atoms with Crippen molar-refractivity contribution in [1.29, 1.82) is 0 Å². The van der Waals surface area contributed by atoms with Crippen molar-refractivity contribution in [1.82, 2.24) is 20.8 Å². The Bertz CT molecular complexity index is 654. The Balaban J connectivity index is 0.00000288. The Hall–Kier alpha value is -1.64. The van der Waals surface area contributed by atoms with Crippen molar-refractivity contribution < 1.29 is 4.52 Å². The van der Waals surface area contributed by atoms with Crippen molar-refractivity contribution >= 4 is 29.9 Å². The number of nitrogens with one attached hydrogen (secondary N) is 2. The number of benzene rings is 1. The molecule has 0 unspecified atom stereocenters. The zero-order valence-electron chi connectivity index (χ0n) is 14.7. The molecule has 0 saturated heterocycles. The Labute approximate surface area is 160 Å². The third kappa shape index (κ3) is 6.10. The lowest BCUT2D eigenvalue weighted by atomic mass is 10.1. The molecule has 0 spiro atoms. The minimum absolute atomic E-state index is 0. The molecule has 0 aliphatic carbocycles. The molecule has 1 aromatic carbocycles. The van der Waals surface area contributed by atoms with Crippen LogP contribution in [0.25, 0.3) is 0 Å². The van der Waals surface area contributed by atoms with Crippen LogP contribution in [0.1, 0.15) is 42.6 Å². The molecule has 132 valence electrons. The lowest BCUT2D eigenvalue weighted by Gasteiger charge is -2.12. The van der Waals surface area contributed by atoms with E-state index in [2.05, 4.69) is 44.8 Å². The van der Waals surface area contributed by atoms with Crippen LogP contribution in [0.4, 0.5) is 0 Å². The molecule has 0 fully saturated rings. The molecule has 0 aliphatic rings. The van der Waals surface area contributed by atoms with E-state index in [0.29, 0.717) is 18.9 Å². The van der Waals surface area contributed by atoms with Gasteiger partial charge in [-0.05, 0) is 18.1 Å². The first-order valence-corrected chi connectivity index (χ1v) is 7.91. The zero-order valence-corrected chi connectivity index (χ0v) is 17.0. The van der Waals surface area contributed by atoms with E-state index in [1.54, 1.807) is 7.05 Å². The van der Waals surface area contributed by atoms with Gasteiger partial charge >= 0.3 is 0 Å². The second-order valence-electron chi connectivity index (χ2n) is 5.73. The summed E-state index contributed by atoms with van der Waals surface area (Å²) in [6, 6.07) is 8.31. The van der Waals surface area contributed by atoms with Crippen LogP contribution >= 0.6 is 24.0 Å². The molecular formula is C17H26IN5O. The number of aryl methyl sites for hydroxylation is 1. The molecular weight excluding hydrogens is 417 g/mol. The Morgan fingerprint density at radius 1 is 1.25 bits per heavy atom. The SMILES string of the molecule is CN=C(NCCc1nc(C(C)C)no1)NCc1ccccc1C.I. The highest BCUT2D eigenvalue weighted by Gasteiger charge is 2.09. The van der Waals surface area contributed by atoms with E-state index in [1.165, 1.54) is 11.1 Å². The highest BCUT2D eigenvalue weighted by molar-refractivity contribution is 14.0. The van der Waals surface area contributed by atoms with E-state index in [4.69, 9.17) is 4.52 Å². The first kappa shape index (κ1) is 20.4. The van der Waals surface area contributed by atoms with Gasteiger partial charge in [-0.2, -0.15) is 4.98 Å². The van der Waals surface area contributed by atoms with Crippen LogP contribution in [-0.2, 0) is 13.0 Å². The number of rotatable bonds is 6. The molecule has 24 heavy (non-hydrogen) atoms. The molecule has 1 aromatic heterocycles. The van der Waals surface area contributed by atoms with Crippen molar-refractivity contribution in [2.75, 3.05) is 13.6 Å². The fourth-order valence-corrected chi connectivity index (χ4v) is 2.10. The highest BCUT2D eigenvalue weighted by Crippen LogP contribution is 2.09. The molecule has 1 heterocycles. The smallest absolute Gasteiger partial charge is 0.228 e. The van der Waals surface area contributed by atoms with Gasteiger partial charge in [0.05, 0.1) is 0 Å². The Morgan fingerprint density at radius 3 is 2.62 bits per heavy atom. The van der Waals surface area contributed by atoms with E-state index in [-0.39, 0.29) is 29.9 Å². The molecule has 2 aromatic rings. The van der Waals surface area contributed by atoms with E-state index in [0.717, 1.165) is 18.3 Å². The molecule has 0 aliphatic heterocycles. The van der Waals surface area contributed by atoms with Crippen LogP contribution in [0.2, 0.25) is 0 Å². The van der Waals surface area contributed by atoms with Crippen LogP contribution in [0, 0.1) is 6.92 Å². The van der Waals surface area contributed by atoms with Gasteiger partial charge in [0.1, 0.15) is 0 Å². The number of aliphatic imine (C=N–C) groups is 1. The summed E-state index contributed by atoms with van der Waals surface area (Å²) in [6.45, 7) is 7.63. The molecule has 2 N–H and O–H groups in total. The van der Waals surface area contributed by atoms with Crippen LogP contribution < -0.4 is 10.6 Å². The van der Waals surface area contributed by atoms with Gasteiger partial charge in [0, 0.05) is 32.5 Å². The zero-order chi connectivity index (χ0) is 16.7. The maximum Gasteiger partial charge on any atom is 0.228 e. The topological polar surface area (TPSA) is 75.3 Å². The third-order valence-corrected chi connectivity index (χ3v) is 3.56. The maximum atomic E-state index is 5.23. The van der Waals surface area contributed by atoms with E-state index in [1.807, 2.05) is 26.0 Å². The van der Waals surface area contributed by atoms with E-state index >= 15 is 0 Å². The second-order valence-corrected chi connectivity index (χ2v) is 5.73. The van der Waals surface area contributed by atoms with Crippen LogP contribution in [0.15, 0.2) is 33.8 Å². The predicted octanol–water partition coefficient (Wildman–Crippen LogP) is 3.03. The number of guanidine groups is 1. The fourth-order valence-electron chi connectivity index (χ4n) is 2.10. The van der Waals surface area contributed by atoms with Gasteiger partial charge in [0.15, 0.2) is 11.8 Å². The van der Waals surface area contributed by atoms with Gasteiger partial charge in [-0.1, -0.05) is 43.3 Å². The molecule has 0 bridgehead atoms. The minimum atomic E-state index is 0. The summed E-state index contributed by atoms with van der Waals surface area (Å²) in [6.07, 6.45) is 0.671. The van der Waals surface area contributed by atoms with Gasteiger partial charge in [0.25, 0.3) is 0 Å². The summed E-state index contributed by atoms with van der Waals surface area (Å²) in [5.41, 5.74) is 2.52. The van der Waals surface area contributed by atoms with Crippen LogP contribution in [-0.4, -0.2) is 29.7 Å². The lowest BCUT2D eigenvalue weighted by Crippen LogP contribution is -2.38.